The minimum Gasteiger partial charge on any atom is -0.381 e. The van der Waals surface area contributed by atoms with Gasteiger partial charge in [-0.05, 0) is 18.8 Å². The first kappa shape index (κ1) is 20.8. The van der Waals surface area contributed by atoms with Crippen LogP contribution in [0.2, 0.25) is 0 Å². The molecule has 174 valence electrons. The van der Waals surface area contributed by atoms with Crippen molar-refractivity contribution in [2.24, 2.45) is 5.92 Å². The van der Waals surface area contributed by atoms with Gasteiger partial charge in [-0.1, -0.05) is 0 Å². The number of anilines is 2. The second kappa shape index (κ2) is 8.85. The van der Waals surface area contributed by atoms with Crippen molar-refractivity contribution in [3.8, 4) is 11.3 Å². The van der Waals surface area contributed by atoms with Gasteiger partial charge in [0.25, 0.3) is 0 Å². The van der Waals surface area contributed by atoms with Crippen molar-refractivity contribution in [1.82, 2.24) is 29.2 Å². The first-order valence-electron chi connectivity index (χ1n) is 11.9. The number of morpholine rings is 1. The fourth-order valence-electron chi connectivity index (χ4n) is 5.09. The fourth-order valence-corrected chi connectivity index (χ4v) is 5.09. The number of nitrogens with two attached hydrogens (primary N) is 1. The summed E-state index contributed by atoms with van der Waals surface area (Å²) in [6.45, 7) is 7.85. The Kier molecular flexibility index (Phi) is 5.57. The van der Waals surface area contributed by atoms with Crippen molar-refractivity contribution in [1.29, 1.82) is 0 Å². The molecule has 3 aromatic heterocycles. The number of aromatic nitrogens is 5. The summed E-state index contributed by atoms with van der Waals surface area (Å²) in [5.74, 6) is 1.88. The lowest BCUT2D eigenvalue weighted by Crippen LogP contribution is -2.37. The third-order valence-corrected chi connectivity index (χ3v) is 6.94. The van der Waals surface area contributed by atoms with Crippen molar-refractivity contribution in [2.75, 3.05) is 63.2 Å². The van der Waals surface area contributed by atoms with E-state index in [0.29, 0.717) is 19.1 Å². The van der Waals surface area contributed by atoms with Gasteiger partial charge in [-0.15, -0.1) is 0 Å². The summed E-state index contributed by atoms with van der Waals surface area (Å²) >= 11 is 0. The van der Waals surface area contributed by atoms with Gasteiger partial charge in [0.2, 0.25) is 5.95 Å². The SMILES string of the molecule is Nc1ncc(-c2cn3c4c(nc3c(N3CCOCC3)n2)CCN(CC2CCOCC2)C4)cn1. The normalized spacial score (nSPS) is 20.3. The van der Waals surface area contributed by atoms with E-state index in [1.54, 1.807) is 12.4 Å². The van der Waals surface area contributed by atoms with Crippen LogP contribution in [0.5, 0.6) is 0 Å². The molecule has 2 fully saturated rings. The maximum absolute atomic E-state index is 5.72. The standard InChI is InChI=1S/C23H30N8O2/c24-23-25-11-17(12-26-23)19-14-31-20-15-29(13-16-2-7-32-8-3-16)4-1-18(20)27-22(31)21(28-19)30-5-9-33-10-6-30/h11-12,14,16H,1-10,13,15H2,(H2,24,25,26). The van der Waals surface area contributed by atoms with Crippen molar-refractivity contribution >= 4 is 17.4 Å². The Balaban J connectivity index is 1.39. The smallest absolute Gasteiger partial charge is 0.219 e. The van der Waals surface area contributed by atoms with Crippen molar-refractivity contribution in [2.45, 2.75) is 25.8 Å². The van der Waals surface area contributed by atoms with Crippen LogP contribution in [0.4, 0.5) is 11.8 Å². The molecule has 3 aliphatic rings. The van der Waals surface area contributed by atoms with Crippen LogP contribution in [-0.2, 0) is 22.4 Å². The van der Waals surface area contributed by atoms with E-state index >= 15 is 0 Å². The van der Waals surface area contributed by atoms with Crippen LogP contribution in [-0.4, -0.2) is 81.8 Å². The largest absolute Gasteiger partial charge is 0.381 e. The Bertz CT molecular complexity index is 1120. The van der Waals surface area contributed by atoms with Gasteiger partial charge >= 0.3 is 0 Å². The fraction of sp³-hybridized carbons (Fsp3) is 0.565. The van der Waals surface area contributed by atoms with Crippen molar-refractivity contribution < 1.29 is 9.47 Å². The molecule has 0 spiro atoms. The van der Waals surface area contributed by atoms with Gasteiger partial charge in [-0.2, -0.15) is 0 Å². The van der Waals surface area contributed by atoms with Crippen LogP contribution in [0.25, 0.3) is 16.9 Å². The summed E-state index contributed by atoms with van der Waals surface area (Å²) in [7, 11) is 0. The van der Waals surface area contributed by atoms with E-state index in [0.717, 1.165) is 87.9 Å². The second-order valence-corrected chi connectivity index (χ2v) is 9.12. The van der Waals surface area contributed by atoms with E-state index in [4.69, 9.17) is 25.2 Å². The average molecular weight is 451 g/mol. The van der Waals surface area contributed by atoms with Gasteiger partial charge < -0.3 is 20.1 Å². The molecule has 3 aromatic rings. The minimum atomic E-state index is 0.261. The molecule has 10 nitrogen and oxygen atoms in total. The third kappa shape index (κ3) is 4.14. The van der Waals surface area contributed by atoms with Crippen LogP contribution in [0.3, 0.4) is 0 Å². The van der Waals surface area contributed by atoms with Crippen LogP contribution >= 0.6 is 0 Å². The molecular formula is C23H30N8O2. The number of imidazole rings is 1. The Labute approximate surface area is 192 Å². The van der Waals surface area contributed by atoms with Crippen molar-refractivity contribution in [3.63, 3.8) is 0 Å². The molecule has 0 saturated carbocycles. The van der Waals surface area contributed by atoms with Gasteiger partial charge in [-0.3, -0.25) is 9.30 Å². The summed E-state index contributed by atoms with van der Waals surface area (Å²) in [6.07, 6.45) is 8.83. The quantitative estimate of drug-likeness (QED) is 0.631. The highest BCUT2D eigenvalue weighted by atomic mass is 16.5. The molecule has 0 unspecified atom stereocenters. The zero-order chi connectivity index (χ0) is 22.2. The minimum absolute atomic E-state index is 0.261. The Hall–Kier alpha value is -2.82. The molecule has 6 heterocycles. The van der Waals surface area contributed by atoms with Gasteiger partial charge in [0, 0.05) is 76.5 Å². The Morgan fingerprint density at radius 2 is 1.73 bits per heavy atom. The van der Waals surface area contributed by atoms with E-state index in [1.807, 2.05) is 0 Å². The molecular weight excluding hydrogens is 420 g/mol. The Morgan fingerprint density at radius 3 is 2.52 bits per heavy atom. The van der Waals surface area contributed by atoms with Gasteiger partial charge in [0.15, 0.2) is 11.5 Å². The molecule has 33 heavy (non-hydrogen) atoms. The average Bonchev–Trinajstić information content (AvgIpc) is 3.23. The molecule has 2 N–H and O–H groups in total. The molecule has 0 aliphatic carbocycles. The van der Waals surface area contributed by atoms with Gasteiger partial charge in [-0.25, -0.2) is 19.9 Å². The highest BCUT2D eigenvalue weighted by Crippen LogP contribution is 2.30. The van der Waals surface area contributed by atoms with Gasteiger partial charge in [0.05, 0.1) is 30.3 Å². The summed E-state index contributed by atoms with van der Waals surface area (Å²) in [5, 5.41) is 0. The van der Waals surface area contributed by atoms with E-state index in [-0.39, 0.29) is 5.95 Å². The number of fused-ring (bicyclic) bond motifs is 3. The molecule has 0 radical (unpaired) electrons. The lowest BCUT2D eigenvalue weighted by Gasteiger charge is -2.32. The zero-order valence-electron chi connectivity index (χ0n) is 18.8. The van der Waals surface area contributed by atoms with Crippen LogP contribution < -0.4 is 10.6 Å². The highest BCUT2D eigenvalue weighted by molar-refractivity contribution is 5.71. The lowest BCUT2D eigenvalue weighted by molar-refractivity contribution is 0.0503. The number of hydrogen-bond acceptors (Lipinski definition) is 9. The molecule has 0 amide bonds. The monoisotopic (exact) mass is 450 g/mol. The predicted octanol–water partition coefficient (Wildman–Crippen LogP) is 1.39. The second-order valence-electron chi connectivity index (χ2n) is 9.12. The third-order valence-electron chi connectivity index (χ3n) is 6.94. The zero-order valence-corrected chi connectivity index (χ0v) is 18.8. The van der Waals surface area contributed by atoms with Crippen LogP contribution in [0, 0.1) is 5.92 Å². The van der Waals surface area contributed by atoms with Gasteiger partial charge in [0.1, 0.15) is 0 Å². The topological polar surface area (TPSA) is 107 Å². The first-order chi connectivity index (χ1) is 16.2. The maximum atomic E-state index is 5.72. The number of rotatable bonds is 4. The van der Waals surface area contributed by atoms with E-state index in [9.17, 15) is 0 Å². The van der Waals surface area contributed by atoms with Crippen molar-refractivity contribution in [3.05, 3.63) is 30.0 Å². The summed E-state index contributed by atoms with van der Waals surface area (Å²) in [4.78, 5) is 23.3. The Morgan fingerprint density at radius 1 is 0.970 bits per heavy atom. The molecule has 0 atom stereocenters. The summed E-state index contributed by atoms with van der Waals surface area (Å²) in [5.41, 5.74) is 10.8. The van der Waals surface area contributed by atoms with E-state index in [2.05, 4.69) is 30.4 Å². The number of hydrogen-bond donors (Lipinski definition) is 1. The molecule has 6 rings (SSSR count). The molecule has 3 aliphatic heterocycles. The lowest BCUT2D eigenvalue weighted by atomic mass is 9.98. The first-order valence-corrected chi connectivity index (χ1v) is 11.9. The predicted molar refractivity (Wildman–Crippen MR) is 124 cm³/mol. The number of nitrogens with zero attached hydrogens (tertiary/aromatic N) is 7. The van der Waals surface area contributed by atoms with Crippen LogP contribution in [0.1, 0.15) is 24.2 Å². The molecule has 10 heteroatoms. The van der Waals surface area contributed by atoms with E-state index in [1.165, 1.54) is 11.4 Å². The maximum Gasteiger partial charge on any atom is 0.219 e. The summed E-state index contributed by atoms with van der Waals surface area (Å²) < 4.78 is 13.4. The molecule has 2 saturated heterocycles. The highest BCUT2D eigenvalue weighted by Gasteiger charge is 2.27. The van der Waals surface area contributed by atoms with E-state index < -0.39 is 0 Å². The molecule has 0 aromatic carbocycles. The van der Waals surface area contributed by atoms with Crippen LogP contribution in [0.15, 0.2) is 18.6 Å². The molecule has 0 bridgehead atoms. The number of nitrogen functional groups attached to an aromatic ring is 1. The summed E-state index contributed by atoms with van der Waals surface area (Å²) in [6, 6.07) is 0. The number of ether oxygens (including phenoxy) is 2.